The molecule has 0 bridgehead atoms. The van der Waals surface area contributed by atoms with E-state index in [9.17, 15) is 51.1 Å². The Bertz CT molecular complexity index is 929. The first kappa shape index (κ1) is 54.8. The average molecular weight is 827 g/mol. The molecule has 342 valence electrons. The third kappa shape index (κ3) is 19.3. The first-order valence-electron chi connectivity index (χ1n) is 23.7. The summed E-state index contributed by atoms with van der Waals surface area (Å²) < 4.78 is 0. The van der Waals surface area contributed by atoms with Gasteiger partial charge in [0.05, 0.1) is 0 Å². The van der Waals surface area contributed by atoms with Crippen molar-refractivity contribution in [3.05, 3.63) is 33.4 Å². The molecule has 0 fully saturated rings. The van der Waals surface area contributed by atoms with Gasteiger partial charge in [0, 0.05) is 66.1 Å². The summed E-state index contributed by atoms with van der Waals surface area (Å²) in [7, 11) is 0. The van der Waals surface area contributed by atoms with Gasteiger partial charge in [-0.15, -0.1) is 0 Å². The first-order chi connectivity index (χ1) is 28.4. The predicted octanol–water partition coefficient (Wildman–Crippen LogP) is 6.40. The second kappa shape index (κ2) is 35.4. The minimum absolute atomic E-state index is 0.0900. The highest BCUT2D eigenvalue weighted by Crippen LogP contribution is 2.52. The lowest BCUT2D eigenvalue weighted by molar-refractivity contribution is 0.230. The van der Waals surface area contributed by atoms with E-state index in [4.69, 9.17) is 0 Å². The molecule has 10 N–H and O–H groups in total. The molecule has 1 rings (SSSR count). The molecule has 1 aromatic carbocycles. The quantitative estimate of drug-likeness (QED) is 0.0329. The molecule has 10 nitrogen and oxygen atoms in total. The molecule has 0 aromatic heterocycles. The molecule has 0 saturated heterocycles. The monoisotopic (exact) mass is 827 g/mol. The molecular formula is C48H90O10. The van der Waals surface area contributed by atoms with Crippen LogP contribution in [0.25, 0.3) is 0 Å². The van der Waals surface area contributed by atoms with Crippen LogP contribution < -0.4 is 0 Å². The number of unbranched alkanes of at least 4 members (excludes halogenated alkanes) is 10. The smallest absolute Gasteiger partial charge is 0.0431 e. The summed E-state index contributed by atoms with van der Waals surface area (Å²) >= 11 is 0. The Morgan fingerprint density at radius 1 is 0.207 bits per heavy atom. The van der Waals surface area contributed by atoms with Gasteiger partial charge in [-0.1, -0.05) is 38.5 Å². The fourth-order valence-electron chi connectivity index (χ4n) is 9.96. The maximum atomic E-state index is 10.1. The van der Waals surface area contributed by atoms with Crippen LogP contribution in [0.2, 0.25) is 0 Å². The van der Waals surface area contributed by atoms with Gasteiger partial charge >= 0.3 is 0 Å². The van der Waals surface area contributed by atoms with Crippen LogP contribution in [0.4, 0.5) is 0 Å². The van der Waals surface area contributed by atoms with Crippen LogP contribution in [0.15, 0.2) is 0 Å². The minimum Gasteiger partial charge on any atom is -0.396 e. The van der Waals surface area contributed by atoms with E-state index in [1.165, 1.54) is 33.4 Å². The highest BCUT2D eigenvalue weighted by molar-refractivity contribution is 5.58. The van der Waals surface area contributed by atoms with Crippen molar-refractivity contribution in [3.63, 3.8) is 0 Å². The molecule has 0 heterocycles. The van der Waals surface area contributed by atoms with E-state index in [0.29, 0.717) is 64.2 Å². The highest BCUT2D eigenvalue weighted by Gasteiger charge is 2.42. The molecule has 0 saturated carbocycles. The summed E-state index contributed by atoms with van der Waals surface area (Å²) in [4.78, 5) is 0. The van der Waals surface area contributed by atoms with Crippen molar-refractivity contribution < 1.29 is 51.1 Å². The Kier molecular flexibility index (Phi) is 33.5. The van der Waals surface area contributed by atoms with E-state index in [2.05, 4.69) is 0 Å². The van der Waals surface area contributed by atoms with Gasteiger partial charge < -0.3 is 51.1 Å². The average Bonchev–Trinajstić information content (AvgIpc) is 3.22. The summed E-state index contributed by atoms with van der Waals surface area (Å²) in [5.41, 5.74) is 7.44. The number of hydrogen-bond donors (Lipinski definition) is 10. The third-order valence-electron chi connectivity index (χ3n) is 12.7. The van der Waals surface area contributed by atoms with E-state index in [1.54, 1.807) is 0 Å². The van der Waals surface area contributed by atoms with E-state index in [1.807, 2.05) is 0 Å². The summed E-state index contributed by atoms with van der Waals surface area (Å²) in [5, 5.41) is 101. The van der Waals surface area contributed by atoms with Gasteiger partial charge in [-0.3, -0.25) is 0 Å². The normalized spacial score (nSPS) is 12.3. The lowest BCUT2D eigenvalue weighted by atomic mass is 9.59. The number of rotatable bonds is 42. The van der Waals surface area contributed by atoms with Gasteiger partial charge in [0.1, 0.15) is 0 Å². The van der Waals surface area contributed by atoms with Crippen LogP contribution in [0.3, 0.4) is 0 Å². The second-order valence-corrected chi connectivity index (χ2v) is 17.0. The summed E-state index contributed by atoms with van der Waals surface area (Å²) in [5.74, 6) is 0. The molecule has 10 heteroatoms. The molecule has 0 atom stereocenters. The van der Waals surface area contributed by atoms with Crippen molar-refractivity contribution in [1.29, 1.82) is 0 Å². The zero-order valence-electron chi connectivity index (χ0n) is 36.8. The number of aliphatic hydroxyl groups is 10. The maximum absolute atomic E-state index is 10.1. The van der Waals surface area contributed by atoms with E-state index >= 15 is 0 Å². The summed E-state index contributed by atoms with van der Waals surface area (Å²) in [6.07, 6.45) is 23.0. The van der Waals surface area contributed by atoms with Crippen LogP contribution in [0, 0.1) is 0 Å². The van der Waals surface area contributed by atoms with Gasteiger partial charge in [-0.2, -0.15) is 0 Å². The Morgan fingerprint density at radius 2 is 0.362 bits per heavy atom. The second-order valence-electron chi connectivity index (χ2n) is 17.0. The van der Waals surface area contributed by atoms with Crippen LogP contribution in [0.1, 0.15) is 200 Å². The van der Waals surface area contributed by atoms with E-state index in [-0.39, 0.29) is 76.9 Å². The van der Waals surface area contributed by atoms with Gasteiger partial charge in [0.25, 0.3) is 0 Å². The molecular weight excluding hydrogens is 737 g/mol. The van der Waals surface area contributed by atoms with Gasteiger partial charge in [0.15, 0.2) is 0 Å². The fraction of sp³-hybridized carbons (Fsp3) is 0.875. The maximum Gasteiger partial charge on any atom is 0.0431 e. The Balaban J connectivity index is 4.92. The summed E-state index contributed by atoms with van der Waals surface area (Å²) in [6.45, 7) is 0.978. The third-order valence-corrected chi connectivity index (χ3v) is 12.7. The van der Waals surface area contributed by atoms with E-state index in [0.717, 1.165) is 128 Å². The molecule has 0 aliphatic rings. The molecule has 58 heavy (non-hydrogen) atoms. The Labute approximate surface area is 353 Å². The van der Waals surface area contributed by atoms with E-state index < -0.39 is 0 Å². The van der Waals surface area contributed by atoms with Crippen molar-refractivity contribution in [2.75, 3.05) is 66.1 Å². The van der Waals surface area contributed by atoms with Gasteiger partial charge in [0.2, 0.25) is 0 Å². The number of hydrogen-bond acceptors (Lipinski definition) is 10. The van der Waals surface area contributed by atoms with Crippen molar-refractivity contribution in [2.45, 2.75) is 203 Å². The molecule has 0 aliphatic carbocycles. The molecule has 0 unspecified atom stereocenters. The van der Waals surface area contributed by atoms with Crippen molar-refractivity contribution in [2.24, 2.45) is 0 Å². The SMILES string of the molecule is OCCCCc1c(CCCCO)c(C(CCCCO)(CCCCO)CCCCO)c(CCCCO)c(CCCCO)c1C(CCCCO)(CCCCO)CCCCO. The zero-order valence-corrected chi connectivity index (χ0v) is 36.8. The molecule has 0 amide bonds. The topological polar surface area (TPSA) is 202 Å². The fourth-order valence-corrected chi connectivity index (χ4v) is 9.96. The lowest BCUT2D eigenvalue weighted by Crippen LogP contribution is -2.36. The minimum atomic E-state index is -0.314. The van der Waals surface area contributed by atoms with Gasteiger partial charge in [-0.05, 0) is 198 Å². The van der Waals surface area contributed by atoms with Crippen molar-refractivity contribution >= 4 is 0 Å². The number of benzene rings is 1. The Hall–Kier alpha value is -1.18. The molecule has 1 aromatic rings. The lowest BCUT2D eigenvalue weighted by Gasteiger charge is -2.45. The predicted molar refractivity (Wildman–Crippen MR) is 236 cm³/mol. The van der Waals surface area contributed by atoms with Gasteiger partial charge in [-0.25, -0.2) is 0 Å². The largest absolute Gasteiger partial charge is 0.396 e. The van der Waals surface area contributed by atoms with Crippen molar-refractivity contribution in [1.82, 2.24) is 0 Å². The standard InChI is InChI=1S/C48H90O10/c49-31-11-1-21-41-42(22-2-12-32-50)46(48(28-8-18-38-56,29-9-19-39-57)30-10-20-40-58)44(24-4-14-34-52)43(23-3-13-33-51)45(41)47(25-5-15-35-53,26-6-16-36-54)27-7-17-37-55/h49-58H,1-40H2. The summed E-state index contributed by atoms with van der Waals surface area (Å²) in [6, 6.07) is 0. The van der Waals surface area contributed by atoms with Crippen LogP contribution in [0.5, 0.6) is 0 Å². The zero-order chi connectivity index (χ0) is 42.7. The Morgan fingerprint density at radius 3 is 0.517 bits per heavy atom. The molecule has 0 spiro atoms. The van der Waals surface area contributed by atoms with Crippen molar-refractivity contribution in [3.8, 4) is 0 Å². The first-order valence-corrected chi connectivity index (χ1v) is 23.7. The van der Waals surface area contributed by atoms with Crippen LogP contribution >= 0.6 is 0 Å². The van der Waals surface area contributed by atoms with Crippen LogP contribution in [-0.4, -0.2) is 117 Å². The molecule has 0 aliphatic heterocycles. The molecule has 0 radical (unpaired) electrons. The van der Waals surface area contributed by atoms with Crippen LogP contribution in [-0.2, 0) is 36.5 Å². The highest BCUT2D eigenvalue weighted by atomic mass is 16.3. The number of aliphatic hydroxyl groups excluding tert-OH is 10.